The molecule has 2 aliphatic heterocycles. The molecule has 0 aromatic heterocycles. The summed E-state index contributed by atoms with van der Waals surface area (Å²) in [5, 5.41) is 17.7. The van der Waals surface area contributed by atoms with Gasteiger partial charge in [0, 0.05) is 25.7 Å². The molecule has 0 radical (unpaired) electrons. The Morgan fingerprint density at radius 2 is 1.57 bits per heavy atom. The van der Waals surface area contributed by atoms with Crippen LogP contribution in [0.25, 0.3) is 0 Å². The van der Waals surface area contributed by atoms with E-state index in [4.69, 9.17) is 14.2 Å². The van der Waals surface area contributed by atoms with E-state index in [9.17, 15) is 27.9 Å². The fourth-order valence-corrected chi connectivity index (χ4v) is 8.23. The van der Waals surface area contributed by atoms with Crippen molar-refractivity contribution in [2.75, 3.05) is 26.4 Å². The Kier molecular flexibility index (Phi) is 13.2. The molecule has 0 saturated carbocycles. The first-order valence-corrected chi connectivity index (χ1v) is 19.8. The van der Waals surface area contributed by atoms with Crippen LogP contribution in [0.4, 0.5) is 4.79 Å². The highest BCUT2D eigenvalue weighted by atomic mass is 32.2. The zero-order valence-electron chi connectivity index (χ0n) is 31.6. The molecular weight excluding hydrogens is 713 g/mol. The van der Waals surface area contributed by atoms with Crippen molar-refractivity contribution in [3.8, 4) is 11.5 Å². The molecule has 3 amide bonds. The Labute approximate surface area is 318 Å². The number of aliphatic hydroxyl groups excluding tert-OH is 1. The number of ether oxygens (including phenoxy) is 3. The second-order valence-electron chi connectivity index (χ2n) is 15.3. The summed E-state index contributed by atoms with van der Waals surface area (Å²) in [4.78, 5) is 42.4. The van der Waals surface area contributed by atoms with Crippen LogP contribution in [-0.2, 0) is 37.4 Å². The molecule has 14 heteroatoms. The molecule has 1 saturated heterocycles. The van der Waals surface area contributed by atoms with Gasteiger partial charge in [-0.2, -0.15) is 4.31 Å². The van der Waals surface area contributed by atoms with Gasteiger partial charge in [0.15, 0.2) is 11.5 Å². The molecule has 5 rings (SSSR count). The van der Waals surface area contributed by atoms with Gasteiger partial charge in [0.05, 0.1) is 17.0 Å². The number of sulfonamides is 1. The Morgan fingerprint density at radius 3 is 2.22 bits per heavy atom. The minimum Gasteiger partial charge on any atom is -0.454 e. The lowest BCUT2D eigenvalue weighted by atomic mass is 9.85. The molecule has 2 aliphatic rings. The van der Waals surface area contributed by atoms with E-state index in [1.165, 1.54) is 27.4 Å². The van der Waals surface area contributed by atoms with E-state index >= 15 is 0 Å². The van der Waals surface area contributed by atoms with Gasteiger partial charge in [0.2, 0.25) is 28.6 Å². The van der Waals surface area contributed by atoms with Crippen LogP contribution in [0.15, 0.2) is 83.8 Å². The number of fused-ring (bicyclic) bond motifs is 1. The van der Waals surface area contributed by atoms with E-state index in [0.29, 0.717) is 30.9 Å². The molecule has 3 N–H and O–H groups in total. The summed E-state index contributed by atoms with van der Waals surface area (Å²) in [5.41, 5.74) is 0.842. The summed E-state index contributed by atoms with van der Waals surface area (Å²) < 4.78 is 45.6. The van der Waals surface area contributed by atoms with Gasteiger partial charge in [-0.1, -0.05) is 95.3 Å². The van der Waals surface area contributed by atoms with Crippen LogP contribution in [0.2, 0.25) is 0 Å². The molecule has 0 aliphatic carbocycles. The molecule has 0 unspecified atom stereocenters. The average Bonchev–Trinajstić information content (AvgIpc) is 3.83. The van der Waals surface area contributed by atoms with E-state index in [2.05, 4.69) is 10.6 Å². The molecule has 0 spiro atoms. The molecular formula is C40H52N4O9S. The number of benzene rings is 3. The molecule has 3 aromatic carbocycles. The number of hydrogen-bond acceptors (Lipinski definition) is 9. The lowest BCUT2D eigenvalue weighted by Gasteiger charge is -2.35. The van der Waals surface area contributed by atoms with E-state index in [-0.39, 0.29) is 43.7 Å². The van der Waals surface area contributed by atoms with Crippen molar-refractivity contribution in [2.45, 2.75) is 89.6 Å². The van der Waals surface area contributed by atoms with Crippen molar-refractivity contribution < 1.29 is 42.1 Å². The zero-order valence-corrected chi connectivity index (χ0v) is 32.4. The first kappa shape index (κ1) is 40.5. The molecule has 3 aromatic rings. The fraction of sp³-hybridized carbons (Fsp3) is 0.475. The van der Waals surface area contributed by atoms with Gasteiger partial charge in [0.25, 0.3) is 0 Å². The van der Waals surface area contributed by atoms with Crippen LogP contribution in [0, 0.1) is 11.3 Å². The maximum Gasteiger partial charge on any atom is 0.410 e. The number of carbonyl (C=O) groups excluding carboxylic acids is 3. The number of likely N-dealkylation sites (tertiary alicyclic amines) is 1. The molecule has 54 heavy (non-hydrogen) atoms. The van der Waals surface area contributed by atoms with Gasteiger partial charge in [-0.25, -0.2) is 13.2 Å². The summed E-state index contributed by atoms with van der Waals surface area (Å²) in [7, 11) is -4.12. The Balaban J connectivity index is 1.33. The van der Waals surface area contributed by atoms with Crippen molar-refractivity contribution in [2.24, 2.45) is 11.3 Å². The van der Waals surface area contributed by atoms with Crippen molar-refractivity contribution in [3.63, 3.8) is 0 Å². The van der Waals surface area contributed by atoms with Gasteiger partial charge in [0.1, 0.15) is 18.7 Å². The van der Waals surface area contributed by atoms with Gasteiger partial charge in [-0.15, -0.1) is 0 Å². The number of nitrogens with one attached hydrogen (secondary N) is 2. The smallest absolute Gasteiger partial charge is 0.410 e. The molecule has 2 heterocycles. The minimum absolute atomic E-state index is 0.00958. The SMILES string of the molecule is CC(C)CN(C[C@@H](O)[C@H](Cc1ccccc1)NC(=O)[C@@H](NC(=O)[C@@H]1CCCN1C(=O)OCc1ccccc1)C(C)(C)C)S(=O)(=O)c1ccc2c(c1)OCO2. The van der Waals surface area contributed by atoms with Crippen LogP contribution < -0.4 is 20.1 Å². The monoisotopic (exact) mass is 764 g/mol. The van der Waals surface area contributed by atoms with Crippen molar-refractivity contribution in [1.82, 2.24) is 19.8 Å². The highest BCUT2D eigenvalue weighted by Crippen LogP contribution is 2.35. The van der Waals surface area contributed by atoms with E-state index < -0.39 is 57.6 Å². The zero-order chi connectivity index (χ0) is 39.0. The normalized spacial score (nSPS) is 17.3. The third-order valence-electron chi connectivity index (χ3n) is 9.44. The number of hydrogen-bond donors (Lipinski definition) is 3. The minimum atomic E-state index is -4.12. The Morgan fingerprint density at radius 1 is 0.926 bits per heavy atom. The number of nitrogens with zero attached hydrogens (tertiary/aromatic N) is 2. The van der Waals surface area contributed by atoms with Crippen LogP contribution >= 0.6 is 0 Å². The molecule has 292 valence electrons. The van der Waals surface area contributed by atoms with Crippen molar-refractivity contribution >= 4 is 27.9 Å². The van der Waals surface area contributed by atoms with Crippen LogP contribution in [-0.4, -0.2) is 91.3 Å². The summed E-state index contributed by atoms with van der Waals surface area (Å²) >= 11 is 0. The van der Waals surface area contributed by atoms with E-state index in [1.807, 2.05) is 95.3 Å². The fourth-order valence-electron chi connectivity index (χ4n) is 6.59. The third kappa shape index (κ3) is 10.3. The summed E-state index contributed by atoms with van der Waals surface area (Å²) in [6.45, 7) is 9.36. The van der Waals surface area contributed by atoms with E-state index in [1.54, 1.807) is 0 Å². The number of rotatable bonds is 15. The number of aliphatic hydroxyl groups is 1. The van der Waals surface area contributed by atoms with E-state index in [0.717, 1.165) is 11.1 Å². The second-order valence-corrected chi connectivity index (χ2v) is 17.2. The maximum absolute atomic E-state index is 14.2. The van der Waals surface area contributed by atoms with Gasteiger partial charge < -0.3 is 30.0 Å². The first-order valence-electron chi connectivity index (χ1n) is 18.3. The Bertz CT molecular complexity index is 1850. The summed E-state index contributed by atoms with van der Waals surface area (Å²) in [6, 6.07) is 20.0. The van der Waals surface area contributed by atoms with Crippen molar-refractivity contribution in [3.05, 3.63) is 90.0 Å². The predicted octanol–water partition coefficient (Wildman–Crippen LogP) is 4.48. The quantitative estimate of drug-likeness (QED) is 0.203. The average molecular weight is 765 g/mol. The standard InChI is InChI=1S/C40H52N4O9S/c1-27(2)23-43(54(49,50)30-18-19-34-35(22-30)53-26-52-34)24-33(45)31(21-28-13-8-6-9-14-28)41-38(47)36(40(3,4)5)42-37(46)32-17-12-20-44(32)39(48)51-25-29-15-10-7-11-16-29/h6-11,13-16,18-19,22,27,31-33,36,45H,12,17,20-21,23-26H2,1-5H3,(H,41,47)(H,42,46)/t31-,32-,33+,36+/m0/s1. The van der Waals surface area contributed by atoms with Crippen LogP contribution in [0.3, 0.4) is 0 Å². The summed E-state index contributed by atoms with van der Waals surface area (Å²) in [6.07, 6.45) is -0.775. The van der Waals surface area contributed by atoms with Gasteiger partial charge >= 0.3 is 6.09 Å². The molecule has 1 fully saturated rings. The van der Waals surface area contributed by atoms with Crippen LogP contribution in [0.1, 0.15) is 58.6 Å². The molecule has 13 nitrogen and oxygen atoms in total. The highest BCUT2D eigenvalue weighted by molar-refractivity contribution is 7.89. The highest BCUT2D eigenvalue weighted by Gasteiger charge is 2.41. The van der Waals surface area contributed by atoms with Crippen LogP contribution in [0.5, 0.6) is 11.5 Å². The largest absolute Gasteiger partial charge is 0.454 e. The molecule has 4 atom stereocenters. The predicted molar refractivity (Wildman–Crippen MR) is 202 cm³/mol. The second kappa shape index (κ2) is 17.7. The van der Waals surface area contributed by atoms with Crippen molar-refractivity contribution in [1.29, 1.82) is 0 Å². The van der Waals surface area contributed by atoms with Gasteiger partial charge in [-0.05, 0) is 53.9 Å². The maximum atomic E-state index is 14.2. The van der Waals surface area contributed by atoms with Gasteiger partial charge in [-0.3, -0.25) is 14.5 Å². The third-order valence-corrected chi connectivity index (χ3v) is 11.3. The topological polar surface area (TPSA) is 164 Å². The summed E-state index contributed by atoms with van der Waals surface area (Å²) in [5.74, 6) is -0.373. The lowest BCUT2D eigenvalue weighted by molar-refractivity contribution is -0.134. The Hall–Kier alpha value is -4.66. The number of carbonyl (C=O) groups is 3. The number of amides is 3. The molecule has 0 bridgehead atoms. The first-order chi connectivity index (χ1) is 25.6. The lowest BCUT2D eigenvalue weighted by Crippen LogP contribution is -2.60.